The summed E-state index contributed by atoms with van der Waals surface area (Å²) < 4.78 is 6.02. The lowest BCUT2D eigenvalue weighted by atomic mass is 9.95. The second-order valence-corrected chi connectivity index (χ2v) is 7.38. The molecule has 5 nitrogen and oxygen atoms in total. The lowest BCUT2D eigenvalue weighted by Crippen LogP contribution is -2.56. The summed E-state index contributed by atoms with van der Waals surface area (Å²) in [5.41, 5.74) is -0.708. The molecule has 1 saturated carbocycles. The predicted octanol–water partition coefficient (Wildman–Crippen LogP) is 1.61. The van der Waals surface area contributed by atoms with Crippen LogP contribution in [0.5, 0.6) is 0 Å². The van der Waals surface area contributed by atoms with E-state index in [1.165, 1.54) is 0 Å². The summed E-state index contributed by atoms with van der Waals surface area (Å²) in [7, 11) is 0. The summed E-state index contributed by atoms with van der Waals surface area (Å²) in [5, 5.41) is 3.00. The maximum absolute atomic E-state index is 12.9. The van der Waals surface area contributed by atoms with Crippen LogP contribution in [0.15, 0.2) is 0 Å². The van der Waals surface area contributed by atoms with Gasteiger partial charge < -0.3 is 15.0 Å². The fraction of sp³-hybridized carbons (Fsp3) is 0.875. The van der Waals surface area contributed by atoms with Gasteiger partial charge in [0.1, 0.15) is 5.54 Å². The lowest BCUT2D eigenvalue weighted by Gasteiger charge is -2.33. The zero-order valence-corrected chi connectivity index (χ0v) is 13.1. The van der Waals surface area contributed by atoms with Gasteiger partial charge in [-0.25, -0.2) is 0 Å². The van der Waals surface area contributed by atoms with Crippen LogP contribution in [-0.4, -0.2) is 47.0 Å². The molecule has 0 aromatic heterocycles. The van der Waals surface area contributed by atoms with Gasteiger partial charge >= 0.3 is 0 Å². The molecule has 21 heavy (non-hydrogen) atoms. The predicted molar refractivity (Wildman–Crippen MR) is 78.7 cm³/mol. The molecule has 2 saturated heterocycles. The summed E-state index contributed by atoms with van der Waals surface area (Å²) in [4.78, 5) is 26.7. The van der Waals surface area contributed by atoms with Crippen molar-refractivity contribution in [3.63, 3.8) is 0 Å². The zero-order chi connectivity index (χ0) is 15.1. The van der Waals surface area contributed by atoms with Gasteiger partial charge in [-0.1, -0.05) is 12.8 Å². The van der Waals surface area contributed by atoms with Crippen molar-refractivity contribution in [2.24, 2.45) is 0 Å². The van der Waals surface area contributed by atoms with Gasteiger partial charge in [0.15, 0.2) is 0 Å². The van der Waals surface area contributed by atoms with Crippen LogP contribution in [0.4, 0.5) is 0 Å². The SMILES string of the molecule is CC1(C)CCC(CN2CCC(=O)NC3(CCCC3)C2=O)O1. The molecule has 2 amide bonds. The van der Waals surface area contributed by atoms with Gasteiger partial charge in [0.25, 0.3) is 0 Å². The van der Waals surface area contributed by atoms with Crippen molar-refractivity contribution in [1.29, 1.82) is 0 Å². The molecule has 118 valence electrons. The monoisotopic (exact) mass is 294 g/mol. The average Bonchev–Trinajstić information content (AvgIpc) is 2.98. The van der Waals surface area contributed by atoms with Crippen LogP contribution in [0.3, 0.4) is 0 Å². The first-order valence-corrected chi connectivity index (χ1v) is 8.18. The van der Waals surface area contributed by atoms with Crippen molar-refractivity contribution >= 4 is 11.8 Å². The first-order valence-electron chi connectivity index (χ1n) is 8.18. The molecule has 1 spiro atoms. The third-order valence-electron chi connectivity index (χ3n) is 5.12. The highest BCUT2D eigenvalue weighted by Gasteiger charge is 2.47. The van der Waals surface area contributed by atoms with E-state index in [4.69, 9.17) is 4.74 Å². The first-order chi connectivity index (χ1) is 9.90. The molecular weight excluding hydrogens is 268 g/mol. The van der Waals surface area contributed by atoms with Crippen molar-refractivity contribution in [2.75, 3.05) is 13.1 Å². The van der Waals surface area contributed by atoms with E-state index in [1.807, 2.05) is 4.90 Å². The van der Waals surface area contributed by atoms with Crippen LogP contribution < -0.4 is 5.32 Å². The Labute approximate surface area is 126 Å². The molecule has 1 aliphatic carbocycles. The standard InChI is InChI=1S/C16H26N2O3/c1-15(2)9-5-12(21-15)11-18-10-6-13(19)17-16(14(18)20)7-3-4-8-16/h12H,3-11H2,1-2H3,(H,17,19). The molecule has 3 aliphatic rings. The second-order valence-electron chi connectivity index (χ2n) is 7.38. The van der Waals surface area contributed by atoms with Gasteiger partial charge in [0, 0.05) is 19.5 Å². The molecule has 3 fully saturated rings. The minimum Gasteiger partial charge on any atom is -0.371 e. The summed E-state index contributed by atoms with van der Waals surface area (Å²) in [6, 6.07) is 0. The molecule has 0 bridgehead atoms. The molecular formula is C16H26N2O3. The number of hydrogen-bond donors (Lipinski definition) is 1. The van der Waals surface area contributed by atoms with Crippen molar-refractivity contribution in [3.05, 3.63) is 0 Å². The Balaban J connectivity index is 1.72. The van der Waals surface area contributed by atoms with E-state index in [9.17, 15) is 9.59 Å². The summed E-state index contributed by atoms with van der Waals surface area (Å²) in [5.74, 6) is 0.125. The number of carbonyl (C=O) groups is 2. The van der Waals surface area contributed by atoms with Gasteiger partial charge in [-0.3, -0.25) is 9.59 Å². The highest BCUT2D eigenvalue weighted by atomic mass is 16.5. The fourth-order valence-corrected chi connectivity index (χ4v) is 3.97. The molecule has 1 unspecified atom stereocenters. The highest BCUT2D eigenvalue weighted by Crippen LogP contribution is 2.34. The fourth-order valence-electron chi connectivity index (χ4n) is 3.97. The van der Waals surface area contributed by atoms with Crippen molar-refractivity contribution in [2.45, 2.75) is 76.0 Å². The topological polar surface area (TPSA) is 58.6 Å². The Morgan fingerprint density at radius 2 is 1.95 bits per heavy atom. The Kier molecular flexibility index (Phi) is 3.72. The molecule has 5 heteroatoms. The third-order valence-corrected chi connectivity index (χ3v) is 5.12. The van der Waals surface area contributed by atoms with E-state index in [0.717, 1.165) is 38.5 Å². The van der Waals surface area contributed by atoms with Gasteiger partial charge in [0.2, 0.25) is 11.8 Å². The Hall–Kier alpha value is -1.10. The largest absolute Gasteiger partial charge is 0.371 e. The van der Waals surface area contributed by atoms with E-state index in [2.05, 4.69) is 19.2 Å². The third kappa shape index (κ3) is 2.93. The first kappa shape index (κ1) is 14.8. The van der Waals surface area contributed by atoms with Crippen LogP contribution >= 0.6 is 0 Å². The van der Waals surface area contributed by atoms with Crippen molar-refractivity contribution in [3.8, 4) is 0 Å². The average molecular weight is 294 g/mol. The lowest BCUT2D eigenvalue weighted by molar-refractivity contribution is -0.140. The number of amides is 2. The van der Waals surface area contributed by atoms with E-state index < -0.39 is 5.54 Å². The summed E-state index contributed by atoms with van der Waals surface area (Å²) >= 11 is 0. The minimum atomic E-state index is -0.623. The van der Waals surface area contributed by atoms with Crippen LogP contribution in [0.2, 0.25) is 0 Å². The van der Waals surface area contributed by atoms with E-state index in [1.54, 1.807) is 0 Å². The zero-order valence-electron chi connectivity index (χ0n) is 13.1. The highest BCUT2D eigenvalue weighted by molar-refractivity contribution is 5.93. The number of nitrogens with one attached hydrogen (secondary N) is 1. The number of ether oxygens (including phenoxy) is 1. The molecule has 0 aromatic rings. The number of carbonyl (C=O) groups excluding carboxylic acids is 2. The van der Waals surface area contributed by atoms with E-state index in [0.29, 0.717) is 19.5 Å². The second kappa shape index (κ2) is 5.27. The van der Waals surface area contributed by atoms with Gasteiger partial charge in [0.05, 0.1) is 11.7 Å². The summed E-state index contributed by atoms with van der Waals surface area (Å²) in [6.07, 6.45) is 6.14. The Morgan fingerprint density at radius 1 is 1.24 bits per heavy atom. The maximum atomic E-state index is 12.9. The van der Waals surface area contributed by atoms with Gasteiger partial charge in [-0.05, 0) is 39.5 Å². The smallest absolute Gasteiger partial charge is 0.248 e. The summed E-state index contributed by atoms with van der Waals surface area (Å²) in [6.45, 7) is 5.34. The number of rotatable bonds is 2. The van der Waals surface area contributed by atoms with Crippen LogP contribution in [-0.2, 0) is 14.3 Å². The molecule has 0 radical (unpaired) electrons. The van der Waals surface area contributed by atoms with E-state index in [-0.39, 0.29) is 23.5 Å². The quantitative estimate of drug-likeness (QED) is 0.841. The van der Waals surface area contributed by atoms with Crippen LogP contribution in [0.1, 0.15) is 58.8 Å². The van der Waals surface area contributed by atoms with Crippen LogP contribution in [0.25, 0.3) is 0 Å². The molecule has 3 rings (SSSR count). The van der Waals surface area contributed by atoms with Gasteiger partial charge in [-0.15, -0.1) is 0 Å². The number of nitrogens with zero attached hydrogens (tertiary/aromatic N) is 1. The molecule has 2 aliphatic heterocycles. The van der Waals surface area contributed by atoms with Crippen molar-refractivity contribution in [1.82, 2.24) is 10.2 Å². The maximum Gasteiger partial charge on any atom is 0.248 e. The molecule has 2 heterocycles. The number of hydrogen-bond acceptors (Lipinski definition) is 3. The van der Waals surface area contributed by atoms with E-state index >= 15 is 0 Å². The molecule has 1 N–H and O–H groups in total. The molecule has 0 aromatic carbocycles. The Bertz CT molecular complexity index is 441. The molecule has 1 atom stereocenters. The van der Waals surface area contributed by atoms with Crippen molar-refractivity contribution < 1.29 is 14.3 Å². The minimum absolute atomic E-state index is 0.0143. The van der Waals surface area contributed by atoms with Crippen LogP contribution in [0, 0.1) is 0 Å². The Morgan fingerprint density at radius 3 is 2.57 bits per heavy atom. The van der Waals surface area contributed by atoms with Gasteiger partial charge in [-0.2, -0.15) is 0 Å². The normalized spacial score (nSPS) is 31.5.